The number of hydrogen-bond acceptors (Lipinski definition) is 4. The van der Waals surface area contributed by atoms with E-state index < -0.39 is 18.5 Å². The van der Waals surface area contributed by atoms with Gasteiger partial charge >= 0.3 is 5.97 Å². The topological polar surface area (TPSA) is 75.7 Å². The van der Waals surface area contributed by atoms with Crippen LogP contribution in [0, 0.1) is 0 Å². The molecule has 7 heteroatoms. The van der Waals surface area contributed by atoms with Gasteiger partial charge in [-0.15, -0.1) is 0 Å². The van der Waals surface area contributed by atoms with Crippen LogP contribution in [0.4, 0.5) is 11.4 Å². The zero-order valence-corrected chi connectivity index (χ0v) is 16.0. The second-order valence-electron chi connectivity index (χ2n) is 6.38. The minimum Gasteiger partial charge on any atom is -0.452 e. The third-order valence-electron chi connectivity index (χ3n) is 4.23. The summed E-state index contributed by atoms with van der Waals surface area (Å²) in [5.74, 6) is -1.21. The smallest absolute Gasteiger partial charge is 0.331 e. The van der Waals surface area contributed by atoms with Gasteiger partial charge in [-0.25, -0.2) is 4.79 Å². The average molecular weight is 399 g/mol. The van der Waals surface area contributed by atoms with Crippen molar-refractivity contribution in [2.24, 2.45) is 0 Å². The first kappa shape index (κ1) is 19.6. The second kappa shape index (κ2) is 8.71. The zero-order valence-electron chi connectivity index (χ0n) is 15.2. The molecule has 1 atom stereocenters. The van der Waals surface area contributed by atoms with Crippen molar-refractivity contribution in [2.45, 2.75) is 19.4 Å². The van der Waals surface area contributed by atoms with Gasteiger partial charge in [-0.1, -0.05) is 35.9 Å². The monoisotopic (exact) mass is 398 g/mol. The van der Waals surface area contributed by atoms with Gasteiger partial charge in [0.05, 0.1) is 11.4 Å². The largest absolute Gasteiger partial charge is 0.452 e. The molecule has 0 aromatic heterocycles. The lowest BCUT2D eigenvalue weighted by Crippen LogP contribution is -2.41. The Hall–Kier alpha value is -3.12. The summed E-state index contributed by atoms with van der Waals surface area (Å²) in [7, 11) is 0. The van der Waals surface area contributed by atoms with E-state index >= 15 is 0 Å². The maximum atomic E-state index is 12.7. The van der Waals surface area contributed by atoms with Gasteiger partial charge in [-0.3, -0.25) is 9.59 Å². The Morgan fingerprint density at radius 1 is 1.25 bits per heavy atom. The van der Waals surface area contributed by atoms with Crippen LogP contribution in [0.5, 0.6) is 0 Å². The Labute approximate surface area is 167 Å². The molecule has 3 rings (SSSR count). The number of carbonyl (C=O) groups excluding carboxylic acids is 3. The molecule has 2 aromatic carbocycles. The molecule has 1 aliphatic rings. The maximum absolute atomic E-state index is 12.7. The molecule has 2 amide bonds. The van der Waals surface area contributed by atoms with Gasteiger partial charge in [0.1, 0.15) is 0 Å². The van der Waals surface area contributed by atoms with E-state index in [0.717, 1.165) is 5.56 Å². The third kappa shape index (κ3) is 4.78. The number of rotatable bonds is 4. The summed E-state index contributed by atoms with van der Waals surface area (Å²) < 4.78 is 5.08. The van der Waals surface area contributed by atoms with Gasteiger partial charge in [-0.2, -0.15) is 0 Å². The Kier molecular flexibility index (Phi) is 6.11. The molecule has 6 nitrogen and oxygen atoms in total. The van der Waals surface area contributed by atoms with Crippen LogP contribution in [0.25, 0.3) is 6.08 Å². The van der Waals surface area contributed by atoms with Crippen molar-refractivity contribution < 1.29 is 19.1 Å². The summed E-state index contributed by atoms with van der Waals surface area (Å²) in [6.07, 6.45) is 2.96. The van der Waals surface area contributed by atoms with Gasteiger partial charge in [0.15, 0.2) is 6.61 Å². The first-order valence-corrected chi connectivity index (χ1v) is 9.13. The van der Waals surface area contributed by atoms with E-state index in [0.29, 0.717) is 16.4 Å². The van der Waals surface area contributed by atoms with Gasteiger partial charge < -0.3 is 15.0 Å². The summed E-state index contributed by atoms with van der Waals surface area (Å²) >= 11 is 5.90. The number of nitrogens with one attached hydrogen (secondary N) is 1. The van der Waals surface area contributed by atoms with Crippen molar-refractivity contribution in [3.63, 3.8) is 0 Å². The predicted molar refractivity (Wildman–Crippen MR) is 108 cm³/mol. The number of anilines is 2. The number of carbonyl (C=O) groups is 3. The lowest BCUT2D eigenvalue weighted by Gasteiger charge is -2.27. The Morgan fingerprint density at radius 2 is 2.04 bits per heavy atom. The molecule has 0 radical (unpaired) electrons. The Balaban J connectivity index is 1.67. The van der Waals surface area contributed by atoms with E-state index in [-0.39, 0.29) is 18.4 Å². The fourth-order valence-electron chi connectivity index (χ4n) is 2.99. The van der Waals surface area contributed by atoms with Crippen molar-refractivity contribution in [3.05, 3.63) is 65.2 Å². The molecular weight excluding hydrogens is 380 g/mol. The van der Waals surface area contributed by atoms with Crippen molar-refractivity contribution in [3.8, 4) is 0 Å². The van der Waals surface area contributed by atoms with Crippen molar-refractivity contribution in [1.29, 1.82) is 0 Å². The number of para-hydroxylation sites is 2. The first-order valence-electron chi connectivity index (χ1n) is 8.75. The van der Waals surface area contributed by atoms with E-state index in [1.165, 1.54) is 11.0 Å². The molecule has 0 aliphatic carbocycles. The molecule has 1 N–H and O–H groups in total. The molecule has 0 saturated heterocycles. The molecular formula is C21H19ClN2O4. The number of hydrogen-bond donors (Lipinski definition) is 1. The number of ether oxygens (including phenoxy) is 1. The standard InChI is InChI=1S/C21H19ClN2O4/c1-14-11-19(25)23-17-7-2-3-8-18(17)24(14)20(26)13-28-21(27)10-9-15-5-4-6-16(22)12-15/h2-10,12,14H,11,13H2,1H3,(H,23,25)/b10-9+/t14-/m0/s1. The van der Waals surface area contributed by atoms with E-state index in [9.17, 15) is 14.4 Å². The minimum absolute atomic E-state index is 0.156. The number of amides is 2. The van der Waals surface area contributed by atoms with Gasteiger partial charge in [0.25, 0.3) is 5.91 Å². The molecule has 144 valence electrons. The van der Waals surface area contributed by atoms with Crippen molar-refractivity contribution in [2.75, 3.05) is 16.8 Å². The highest BCUT2D eigenvalue weighted by Crippen LogP contribution is 2.31. The van der Waals surface area contributed by atoms with Crippen molar-refractivity contribution in [1.82, 2.24) is 0 Å². The first-order chi connectivity index (χ1) is 13.4. The highest BCUT2D eigenvalue weighted by molar-refractivity contribution is 6.30. The molecule has 0 fully saturated rings. The SMILES string of the molecule is C[C@H]1CC(=O)Nc2ccccc2N1C(=O)COC(=O)/C=C/c1cccc(Cl)c1. The number of nitrogens with zero attached hydrogens (tertiary/aromatic N) is 1. The number of halogens is 1. The average Bonchev–Trinajstić information content (AvgIpc) is 2.78. The van der Waals surface area contributed by atoms with Crippen molar-refractivity contribution >= 4 is 46.8 Å². The minimum atomic E-state index is -0.640. The molecule has 2 aromatic rings. The van der Waals surface area contributed by atoms with Crippen LogP contribution < -0.4 is 10.2 Å². The van der Waals surface area contributed by atoms with Crippen LogP contribution in [0.1, 0.15) is 18.9 Å². The van der Waals surface area contributed by atoms with Gasteiger partial charge in [0.2, 0.25) is 5.91 Å². The van der Waals surface area contributed by atoms with E-state index in [1.54, 1.807) is 61.5 Å². The van der Waals surface area contributed by atoms with Crippen LogP contribution in [0.3, 0.4) is 0 Å². The van der Waals surface area contributed by atoms with Crippen LogP contribution in [-0.2, 0) is 19.1 Å². The number of benzene rings is 2. The van der Waals surface area contributed by atoms with E-state index in [1.807, 2.05) is 0 Å². The molecule has 28 heavy (non-hydrogen) atoms. The summed E-state index contributed by atoms with van der Waals surface area (Å²) in [6.45, 7) is 1.35. The fraction of sp³-hybridized carbons (Fsp3) is 0.190. The molecule has 0 spiro atoms. The molecule has 1 heterocycles. The maximum Gasteiger partial charge on any atom is 0.331 e. The summed E-state index contributed by atoms with van der Waals surface area (Å²) in [5, 5.41) is 3.34. The van der Waals surface area contributed by atoms with E-state index in [4.69, 9.17) is 16.3 Å². The van der Waals surface area contributed by atoms with E-state index in [2.05, 4.69) is 5.32 Å². The molecule has 0 bridgehead atoms. The summed E-state index contributed by atoms with van der Waals surface area (Å²) in [4.78, 5) is 38.1. The lowest BCUT2D eigenvalue weighted by molar-refractivity contribution is -0.143. The molecule has 0 saturated carbocycles. The highest BCUT2D eigenvalue weighted by Gasteiger charge is 2.29. The van der Waals surface area contributed by atoms with Gasteiger partial charge in [0, 0.05) is 23.6 Å². The summed E-state index contributed by atoms with van der Waals surface area (Å²) in [5.41, 5.74) is 1.88. The Morgan fingerprint density at radius 3 is 2.82 bits per heavy atom. The zero-order chi connectivity index (χ0) is 20.1. The molecule has 0 unspecified atom stereocenters. The van der Waals surface area contributed by atoms with Gasteiger partial charge in [-0.05, 0) is 42.8 Å². The van der Waals surface area contributed by atoms with Crippen LogP contribution in [-0.4, -0.2) is 30.4 Å². The van der Waals surface area contributed by atoms with Crippen LogP contribution in [0.2, 0.25) is 5.02 Å². The Bertz CT molecular complexity index is 942. The lowest BCUT2D eigenvalue weighted by atomic mass is 10.1. The summed E-state index contributed by atoms with van der Waals surface area (Å²) in [6, 6.07) is 13.7. The number of esters is 1. The molecule has 1 aliphatic heterocycles. The second-order valence-corrected chi connectivity index (χ2v) is 6.81. The fourth-order valence-corrected chi connectivity index (χ4v) is 3.19. The highest BCUT2D eigenvalue weighted by atomic mass is 35.5. The number of fused-ring (bicyclic) bond motifs is 1. The van der Waals surface area contributed by atoms with Crippen LogP contribution >= 0.6 is 11.6 Å². The normalized spacial score (nSPS) is 16.3. The predicted octanol–water partition coefficient (Wildman–Crippen LogP) is 3.66. The quantitative estimate of drug-likeness (QED) is 0.630. The van der Waals surface area contributed by atoms with Crippen LogP contribution in [0.15, 0.2) is 54.6 Å². The third-order valence-corrected chi connectivity index (χ3v) is 4.46.